The fraction of sp³-hybridized carbons (Fsp3) is 0.409. The number of methoxy groups -OCH3 is 1. The molecule has 0 fully saturated rings. The van der Waals surface area contributed by atoms with Gasteiger partial charge in [-0.1, -0.05) is 13.0 Å². The number of hydrogen-bond donors (Lipinski definition) is 1. The number of aromatic nitrogens is 1. The summed E-state index contributed by atoms with van der Waals surface area (Å²) < 4.78 is 11.5. The number of carbonyl (C=O) groups excluding carboxylic acids is 1. The molecule has 1 atom stereocenters. The molecule has 29 heavy (non-hydrogen) atoms. The molecule has 152 valence electrons. The van der Waals surface area contributed by atoms with Crippen molar-refractivity contribution >= 4 is 11.7 Å². The maximum Gasteiger partial charge on any atom is 0.219 e. The molecule has 0 saturated heterocycles. The van der Waals surface area contributed by atoms with Crippen molar-refractivity contribution in [1.82, 2.24) is 9.88 Å². The highest BCUT2D eigenvalue weighted by molar-refractivity contribution is 5.82. The normalized spacial score (nSPS) is 14.0. The molecular weight excluding hydrogens is 368 g/mol. The van der Waals surface area contributed by atoms with E-state index in [2.05, 4.69) is 18.0 Å². The summed E-state index contributed by atoms with van der Waals surface area (Å²) in [5.41, 5.74) is 9.58. The van der Waals surface area contributed by atoms with Gasteiger partial charge in [-0.15, -0.1) is 0 Å². The molecule has 0 radical (unpaired) electrons. The molecule has 0 spiro atoms. The summed E-state index contributed by atoms with van der Waals surface area (Å²) in [4.78, 5) is 18.1. The number of fused-ring (bicyclic) bond motifs is 1. The molecule has 3 rings (SSSR count). The van der Waals surface area contributed by atoms with Gasteiger partial charge in [0.25, 0.3) is 0 Å². The largest absolute Gasteiger partial charge is 0.493 e. The quantitative estimate of drug-likeness (QED) is 0.835. The number of rotatable bonds is 5. The van der Waals surface area contributed by atoms with Gasteiger partial charge in [0, 0.05) is 37.6 Å². The second-order valence-electron chi connectivity index (χ2n) is 7.18. The van der Waals surface area contributed by atoms with Crippen molar-refractivity contribution < 1.29 is 14.3 Å². The third-order valence-electron chi connectivity index (χ3n) is 5.29. The summed E-state index contributed by atoms with van der Waals surface area (Å²) in [6, 6.07) is 7.77. The third-order valence-corrected chi connectivity index (χ3v) is 5.29. The minimum Gasteiger partial charge on any atom is -0.493 e. The van der Waals surface area contributed by atoms with E-state index in [1.54, 1.807) is 18.9 Å². The molecule has 0 bridgehead atoms. The number of pyridine rings is 1. The van der Waals surface area contributed by atoms with Crippen LogP contribution >= 0.6 is 0 Å². The molecule has 2 heterocycles. The Hall–Kier alpha value is -3.27. The predicted octanol–water partition coefficient (Wildman–Crippen LogP) is 3.29. The lowest BCUT2D eigenvalue weighted by Gasteiger charge is -2.30. The number of ether oxygens (including phenoxy) is 2. The summed E-state index contributed by atoms with van der Waals surface area (Å²) in [5.74, 6) is 1.42. The Morgan fingerprint density at radius 3 is 2.79 bits per heavy atom. The number of nitriles is 1. The standard InChI is InChI=1S/C22H26N4O3/c1-5-13(2)29-19-7-6-15(10-20(19)28-4)21-16(11-23)22(24)25-18-8-9-26(14(3)27)12-17(18)21/h6-7,10,13H,5,8-9,12H2,1-4H3,(H2,24,25). The third kappa shape index (κ3) is 3.97. The second kappa shape index (κ2) is 8.39. The number of nitrogens with zero attached hydrogens (tertiary/aromatic N) is 3. The van der Waals surface area contributed by atoms with E-state index in [0.717, 1.165) is 23.2 Å². The van der Waals surface area contributed by atoms with Crippen molar-refractivity contribution in [1.29, 1.82) is 5.26 Å². The van der Waals surface area contributed by atoms with Crippen molar-refractivity contribution in [3.8, 4) is 28.7 Å². The van der Waals surface area contributed by atoms with Gasteiger partial charge in [0.2, 0.25) is 5.91 Å². The zero-order chi connectivity index (χ0) is 21.1. The number of anilines is 1. The molecule has 2 aromatic rings. The number of nitrogen functional groups attached to an aromatic ring is 1. The highest BCUT2D eigenvalue weighted by atomic mass is 16.5. The SMILES string of the molecule is CCC(C)Oc1ccc(-c2c(C#N)c(N)nc3c2CN(C(C)=O)CC3)cc1OC. The lowest BCUT2D eigenvalue weighted by Crippen LogP contribution is -2.35. The fourth-order valence-electron chi connectivity index (χ4n) is 3.50. The first-order valence-electron chi connectivity index (χ1n) is 9.71. The Balaban J connectivity index is 2.16. The Labute approximate surface area is 171 Å². The van der Waals surface area contributed by atoms with Gasteiger partial charge in [-0.2, -0.15) is 5.26 Å². The molecule has 1 amide bonds. The molecule has 1 aromatic carbocycles. The van der Waals surface area contributed by atoms with E-state index in [9.17, 15) is 10.1 Å². The van der Waals surface area contributed by atoms with Crippen molar-refractivity contribution in [3.63, 3.8) is 0 Å². The topological polar surface area (TPSA) is 101 Å². The van der Waals surface area contributed by atoms with Crippen LogP contribution in [0.3, 0.4) is 0 Å². The zero-order valence-electron chi connectivity index (χ0n) is 17.3. The molecule has 7 nitrogen and oxygen atoms in total. The molecule has 7 heteroatoms. The van der Waals surface area contributed by atoms with E-state index in [4.69, 9.17) is 15.2 Å². The highest BCUT2D eigenvalue weighted by Crippen LogP contribution is 2.39. The van der Waals surface area contributed by atoms with Gasteiger partial charge in [0.15, 0.2) is 11.5 Å². The summed E-state index contributed by atoms with van der Waals surface area (Å²) in [7, 11) is 1.58. The minimum absolute atomic E-state index is 0.00758. The van der Waals surface area contributed by atoms with Crippen LogP contribution in [0, 0.1) is 11.3 Å². The van der Waals surface area contributed by atoms with E-state index in [1.165, 1.54) is 0 Å². The first-order chi connectivity index (χ1) is 13.9. The maximum atomic E-state index is 11.9. The molecule has 1 unspecified atom stereocenters. The molecule has 0 saturated carbocycles. The molecule has 1 aromatic heterocycles. The highest BCUT2D eigenvalue weighted by Gasteiger charge is 2.27. The number of benzene rings is 1. The minimum atomic E-state index is -0.00758. The maximum absolute atomic E-state index is 11.9. The van der Waals surface area contributed by atoms with Crippen LogP contribution in [0.25, 0.3) is 11.1 Å². The number of amides is 1. The average molecular weight is 394 g/mol. The first kappa shape index (κ1) is 20.5. The fourth-order valence-corrected chi connectivity index (χ4v) is 3.50. The van der Waals surface area contributed by atoms with Gasteiger partial charge in [0.1, 0.15) is 17.5 Å². The Morgan fingerprint density at radius 2 is 2.17 bits per heavy atom. The van der Waals surface area contributed by atoms with Crippen LogP contribution in [-0.2, 0) is 17.8 Å². The summed E-state index contributed by atoms with van der Waals surface area (Å²) in [6.45, 7) is 6.58. The number of nitrogens with two attached hydrogens (primary N) is 1. The van der Waals surface area contributed by atoms with Gasteiger partial charge >= 0.3 is 0 Å². The van der Waals surface area contributed by atoms with Crippen LogP contribution in [-0.4, -0.2) is 35.5 Å². The monoisotopic (exact) mass is 394 g/mol. The van der Waals surface area contributed by atoms with Crippen LogP contribution in [0.1, 0.15) is 44.0 Å². The van der Waals surface area contributed by atoms with Gasteiger partial charge in [-0.25, -0.2) is 4.98 Å². The van der Waals surface area contributed by atoms with Crippen LogP contribution in [0.4, 0.5) is 5.82 Å². The smallest absolute Gasteiger partial charge is 0.219 e. The van der Waals surface area contributed by atoms with Crippen LogP contribution < -0.4 is 15.2 Å². The molecule has 1 aliphatic heterocycles. The van der Waals surface area contributed by atoms with Gasteiger partial charge in [-0.05, 0) is 31.0 Å². The molecule has 0 aliphatic carbocycles. The molecule has 1 aliphatic rings. The lowest BCUT2D eigenvalue weighted by atomic mass is 9.91. The van der Waals surface area contributed by atoms with Crippen molar-refractivity contribution in [2.45, 2.75) is 46.3 Å². The van der Waals surface area contributed by atoms with E-state index in [1.807, 2.05) is 25.1 Å². The average Bonchev–Trinajstić information content (AvgIpc) is 2.72. The van der Waals surface area contributed by atoms with Crippen LogP contribution in [0.15, 0.2) is 18.2 Å². The van der Waals surface area contributed by atoms with Crippen molar-refractivity contribution in [2.24, 2.45) is 0 Å². The number of hydrogen-bond acceptors (Lipinski definition) is 6. The Morgan fingerprint density at radius 1 is 1.41 bits per heavy atom. The first-order valence-corrected chi connectivity index (χ1v) is 9.71. The predicted molar refractivity (Wildman–Crippen MR) is 111 cm³/mol. The van der Waals surface area contributed by atoms with E-state index >= 15 is 0 Å². The van der Waals surface area contributed by atoms with Gasteiger partial charge in [-0.3, -0.25) is 4.79 Å². The van der Waals surface area contributed by atoms with Gasteiger partial charge in [0.05, 0.1) is 18.9 Å². The summed E-state index contributed by atoms with van der Waals surface area (Å²) >= 11 is 0. The van der Waals surface area contributed by atoms with Crippen molar-refractivity contribution in [3.05, 3.63) is 35.0 Å². The van der Waals surface area contributed by atoms with E-state index in [0.29, 0.717) is 42.1 Å². The summed E-state index contributed by atoms with van der Waals surface area (Å²) in [5, 5.41) is 9.76. The van der Waals surface area contributed by atoms with Crippen LogP contribution in [0.5, 0.6) is 11.5 Å². The van der Waals surface area contributed by atoms with E-state index in [-0.39, 0.29) is 17.8 Å². The lowest BCUT2D eigenvalue weighted by molar-refractivity contribution is -0.129. The van der Waals surface area contributed by atoms with Crippen molar-refractivity contribution in [2.75, 3.05) is 19.4 Å². The Bertz CT molecular complexity index is 981. The summed E-state index contributed by atoms with van der Waals surface area (Å²) in [6.07, 6.45) is 1.53. The second-order valence-corrected chi connectivity index (χ2v) is 7.18. The molecular formula is C22H26N4O3. The van der Waals surface area contributed by atoms with E-state index < -0.39 is 0 Å². The zero-order valence-corrected chi connectivity index (χ0v) is 17.3. The Kier molecular flexibility index (Phi) is 5.92. The molecule has 2 N–H and O–H groups in total. The van der Waals surface area contributed by atoms with Crippen LogP contribution in [0.2, 0.25) is 0 Å². The van der Waals surface area contributed by atoms with Gasteiger partial charge < -0.3 is 20.1 Å². The number of carbonyl (C=O) groups is 1.